The Kier molecular flexibility index (Phi) is 4.39. The van der Waals surface area contributed by atoms with Crippen molar-refractivity contribution in [1.29, 1.82) is 0 Å². The van der Waals surface area contributed by atoms with Crippen molar-refractivity contribution in [3.63, 3.8) is 0 Å². The molecule has 0 radical (unpaired) electrons. The summed E-state index contributed by atoms with van der Waals surface area (Å²) in [6.45, 7) is 2.60. The summed E-state index contributed by atoms with van der Waals surface area (Å²) in [7, 11) is 0. The van der Waals surface area contributed by atoms with Gasteiger partial charge >= 0.3 is 0 Å². The lowest BCUT2D eigenvalue weighted by Crippen LogP contribution is -2.05. The van der Waals surface area contributed by atoms with Crippen molar-refractivity contribution in [2.24, 2.45) is 0 Å². The number of nitro benzene ring substituents is 1. The summed E-state index contributed by atoms with van der Waals surface area (Å²) >= 11 is 7.61. The van der Waals surface area contributed by atoms with Gasteiger partial charge in [-0.3, -0.25) is 10.1 Å². The molecule has 6 heteroatoms. The molecule has 0 unspecified atom stereocenters. The monoisotopic (exact) mass is 296 g/mol. The van der Waals surface area contributed by atoms with Crippen LogP contribution in [0.1, 0.15) is 10.4 Å². The third-order valence-electron chi connectivity index (χ3n) is 2.76. The number of thiophene rings is 1. The van der Waals surface area contributed by atoms with E-state index >= 15 is 0 Å². The zero-order valence-corrected chi connectivity index (χ0v) is 11.9. The van der Waals surface area contributed by atoms with Crippen LogP contribution in [0.3, 0.4) is 0 Å². The van der Waals surface area contributed by atoms with Gasteiger partial charge in [0.1, 0.15) is 5.02 Å². The molecule has 2 rings (SSSR count). The predicted molar refractivity (Wildman–Crippen MR) is 79.4 cm³/mol. The molecule has 0 amide bonds. The van der Waals surface area contributed by atoms with E-state index in [4.69, 9.17) is 11.6 Å². The molecule has 1 aromatic heterocycles. The quantitative estimate of drug-likeness (QED) is 0.662. The van der Waals surface area contributed by atoms with Crippen LogP contribution in [0.4, 0.5) is 11.4 Å². The van der Waals surface area contributed by atoms with Gasteiger partial charge in [-0.25, -0.2) is 0 Å². The second-order valence-electron chi connectivity index (χ2n) is 4.13. The molecule has 0 saturated heterocycles. The summed E-state index contributed by atoms with van der Waals surface area (Å²) in [6.07, 6.45) is 0.922. The Morgan fingerprint density at radius 2 is 2.26 bits per heavy atom. The largest absolute Gasteiger partial charge is 0.384 e. The molecule has 1 aromatic carbocycles. The van der Waals surface area contributed by atoms with Crippen molar-refractivity contribution in [3.05, 3.63) is 55.2 Å². The number of hydrogen-bond acceptors (Lipinski definition) is 4. The summed E-state index contributed by atoms with van der Waals surface area (Å²) in [5.74, 6) is 0. The number of nitrogens with one attached hydrogen (secondary N) is 1. The number of rotatable bonds is 5. The molecule has 0 saturated carbocycles. The lowest BCUT2D eigenvalue weighted by Gasteiger charge is -2.09. The van der Waals surface area contributed by atoms with Gasteiger partial charge in [0.05, 0.1) is 4.92 Å². The minimum absolute atomic E-state index is 0.0528. The Balaban J connectivity index is 2.04. The highest BCUT2D eigenvalue weighted by Gasteiger charge is 2.14. The average molecular weight is 297 g/mol. The Morgan fingerprint density at radius 3 is 2.89 bits per heavy atom. The van der Waals surface area contributed by atoms with Crippen molar-refractivity contribution in [2.45, 2.75) is 13.3 Å². The standard InChI is InChI=1S/C13H13ClN2O2S/c1-9-7-13(16(17)18)11(14)8-12(9)15-5-4-10-3-2-6-19-10/h2-3,6-8,15H,4-5H2,1H3. The van der Waals surface area contributed by atoms with Crippen molar-refractivity contribution in [1.82, 2.24) is 0 Å². The lowest BCUT2D eigenvalue weighted by molar-refractivity contribution is -0.384. The SMILES string of the molecule is Cc1cc([N+](=O)[O-])c(Cl)cc1NCCc1cccs1. The zero-order valence-electron chi connectivity index (χ0n) is 10.4. The maximum atomic E-state index is 10.8. The molecule has 1 heterocycles. The van der Waals surface area contributed by atoms with E-state index in [2.05, 4.69) is 11.4 Å². The second-order valence-corrected chi connectivity index (χ2v) is 5.57. The van der Waals surface area contributed by atoms with Gasteiger partial charge < -0.3 is 5.32 Å². The van der Waals surface area contributed by atoms with E-state index in [0.717, 1.165) is 24.2 Å². The first-order chi connectivity index (χ1) is 9.08. The van der Waals surface area contributed by atoms with Crippen LogP contribution >= 0.6 is 22.9 Å². The van der Waals surface area contributed by atoms with E-state index in [1.807, 2.05) is 18.4 Å². The number of benzene rings is 1. The van der Waals surface area contributed by atoms with Gasteiger partial charge in [-0.05, 0) is 36.4 Å². The van der Waals surface area contributed by atoms with Crippen LogP contribution in [-0.4, -0.2) is 11.5 Å². The molecule has 19 heavy (non-hydrogen) atoms. The van der Waals surface area contributed by atoms with Crippen LogP contribution in [0.2, 0.25) is 5.02 Å². The minimum Gasteiger partial charge on any atom is -0.384 e. The van der Waals surface area contributed by atoms with Crippen LogP contribution < -0.4 is 5.32 Å². The fourth-order valence-corrected chi connectivity index (χ4v) is 2.71. The molecule has 0 aliphatic heterocycles. The van der Waals surface area contributed by atoms with Crippen LogP contribution in [0, 0.1) is 17.0 Å². The van der Waals surface area contributed by atoms with E-state index < -0.39 is 4.92 Å². The van der Waals surface area contributed by atoms with Gasteiger partial charge in [-0.1, -0.05) is 17.7 Å². The van der Waals surface area contributed by atoms with E-state index in [9.17, 15) is 10.1 Å². The predicted octanol–water partition coefficient (Wildman–Crippen LogP) is 4.27. The molecule has 0 aliphatic rings. The van der Waals surface area contributed by atoms with E-state index in [1.54, 1.807) is 17.4 Å². The summed E-state index contributed by atoms with van der Waals surface area (Å²) in [5, 5.41) is 16.2. The van der Waals surface area contributed by atoms with E-state index in [0.29, 0.717) is 0 Å². The molecular weight excluding hydrogens is 284 g/mol. The van der Waals surface area contributed by atoms with Crippen LogP contribution in [0.25, 0.3) is 0 Å². The van der Waals surface area contributed by atoms with Gasteiger partial charge in [0.2, 0.25) is 0 Å². The number of nitro groups is 1. The molecule has 4 nitrogen and oxygen atoms in total. The van der Waals surface area contributed by atoms with Gasteiger partial charge in [-0.15, -0.1) is 11.3 Å². The summed E-state index contributed by atoms with van der Waals surface area (Å²) in [4.78, 5) is 11.6. The molecule has 0 fully saturated rings. The van der Waals surface area contributed by atoms with Gasteiger partial charge in [-0.2, -0.15) is 0 Å². The molecule has 1 N–H and O–H groups in total. The van der Waals surface area contributed by atoms with Crippen molar-refractivity contribution >= 4 is 34.3 Å². The smallest absolute Gasteiger partial charge is 0.288 e. The molecular formula is C13H13ClN2O2S. The summed E-state index contributed by atoms with van der Waals surface area (Å²) < 4.78 is 0. The fourth-order valence-electron chi connectivity index (χ4n) is 1.77. The Morgan fingerprint density at radius 1 is 1.47 bits per heavy atom. The number of aryl methyl sites for hydroxylation is 1. The van der Waals surface area contributed by atoms with Crippen LogP contribution in [0.15, 0.2) is 29.6 Å². The normalized spacial score (nSPS) is 10.4. The molecule has 0 spiro atoms. The molecule has 0 atom stereocenters. The summed E-state index contributed by atoms with van der Waals surface area (Å²) in [6, 6.07) is 7.22. The second kappa shape index (κ2) is 6.04. The maximum absolute atomic E-state index is 10.8. The zero-order chi connectivity index (χ0) is 13.8. The number of nitrogens with zero attached hydrogens (tertiary/aromatic N) is 1. The van der Waals surface area contributed by atoms with Crippen molar-refractivity contribution in [2.75, 3.05) is 11.9 Å². The average Bonchev–Trinajstić information content (AvgIpc) is 2.85. The first-order valence-corrected chi connectivity index (χ1v) is 7.04. The highest BCUT2D eigenvalue weighted by atomic mass is 35.5. The summed E-state index contributed by atoms with van der Waals surface area (Å²) in [5.41, 5.74) is 1.61. The third kappa shape index (κ3) is 3.45. The Hall–Kier alpha value is -1.59. The van der Waals surface area contributed by atoms with Gasteiger partial charge in [0.25, 0.3) is 5.69 Å². The van der Waals surface area contributed by atoms with E-state index in [1.165, 1.54) is 10.9 Å². The van der Waals surface area contributed by atoms with Crippen molar-refractivity contribution < 1.29 is 4.92 Å². The van der Waals surface area contributed by atoms with E-state index in [-0.39, 0.29) is 10.7 Å². The molecule has 100 valence electrons. The molecule has 2 aromatic rings. The first-order valence-electron chi connectivity index (χ1n) is 5.78. The fraction of sp³-hybridized carbons (Fsp3) is 0.231. The lowest BCUT2D eigenvalue weighted by atomic mass is 10.1. The Labute approximate surface area is 120 Å². The Bertz CT molecular complexity index is 585. The highest BCUT2D eigenvalue weighted by Crippen LogP contribution is 2.30. The minimum atomic E-state index is -0.467. The van der Waals surface area contributed by atoms with Crippen LogP contribution in [-0.2, 0) is 6.42 Å². The first kappa shape index (κ1) is 13.8. The van der Waals surface area contributed by atoms with Gasteiger partial charge in [0, 0.05) is 23.2 Å². The van der Waals surface area contributed by atoms with Crippen LogP contribution in [0.5, 0.6) is 0 Å². The highest BCUT2D eigenvalue weighted by molar-refractivity contribution is 7.09. The number of anilines is 1. The van der Waals surface area contributed by atoms with Crippen molar-refractivity contribution in [3.8, 4) is 0 Å². The number of halogens is 1. The topological polar surface area (TPSA) is 55.2 Å². The maximum Gasteiger partial charge on any atom is 0.288 e. The number of hydrogen-bond donors (Lipinski definition) is 1. The molecule has 0 aliphatic carbocycles. The van der Waals surface area contributed by atoms with Gasteiger partial charge in [0.15, 0.2) is 0 Å². The molecule has 0 bridgehead atoms. The third-order valence-corrected chi connectivity index (χ3v) is 4.00.